The van der Waals surface area contributed by atoms with Crippen LogP contribution in [0.1, 0.15) is 46.9 Å². The number of hydrogen-bond acceptors (Lipinski definition) is 6. The number of nitrogens with zero attached hydrogens (tertiary/aromatic N) is 2. The fourth-order valence-electron chi connectivity index (χ4n) is 4.12. The molecule has 6 nitrogen and oxygen atoms in total. The molecule has 0 aliphatic heterocycles. The number of thiophene rings is 1. The normalized spacial score (nSPS) is 12.7. The predicted octanol–water partition coefficient (Wildman–Crippen LogP) is 8.09. The number of anilines is 1. The van der Waals surface area contributed by atoms with E-state index in [9.17, 15) is 15.3 Å². The summed E-state index contributed by atoms with van der Waals surface area (Å²) >= 11 is 17.0. The highest BCUT2D eigenvalue weighted by Crippen LogP contribution is 2.39. The molecule has 1 heterocycles. The van der Waals surface area contributed by atoms with Gasteiger partial charge in [-0.3, -0.25) is 4.79 Å². The summed E-state index contributed by atoms with van der Waals surface area (Å²) in [7, 11) is 0. The molecule has 2 aromatic carbocycles. The molecule has 1 amide bonds. The number of aryl methyl sites for hydroxylation is 1. The number of nitrogens with one attached hydrogen (secondary N) is 1. The van der Waals surface area contributed by atoms with E-state index in [0.717, 1.165) is 41.7 Å². The van der Waals surface area contributed by atoms with Crippen LogP contribution >= 0.6 is 50.5 Å². The summed E-state index contributed by atoms with van der Waals surface area (Å²) in [4.78, 5) is 14.1. The lowest BCUT2D eigenvalue weighted by molar-refractivity contribution is -0.112. The van der Waals surface area contributed by atoms with Crippen molar-refractivity contribution in [2.75, 3.05) is 11.9 Å². The molecule has 0 bridgehead atoms. The molecule has 0 unspecified atom stereocenters. The molecule has 3 aromatic rings. The Labute approximate surface area is 243 Å². The van der Waals surface area contributed by atoms with E-state index in [0.29, 0.717) is 48.8 Å². The number of benzene rings is 2. The molecule has 4 rings (SSSR count). The lowest BCUT2D eigenvalue weighted by atomic mass is 9.96. The van der Waals surface area contributed by atoms with Gasteiger partial charge in [0.1, 0.15) is 29.3 Å². The number of fused-ring (bicyclic) bond motifs is 1. The van der Waals surface area contributed by atoms with Crippen LogP contribution in [0.25, 0.3) is 6.08 Å². The van der Waals surface area contributed by atoms with Crippen LogP contribution in [0.5, 0.6) is 11.5 Å². The zero-order chi connectivity index (χ0) is 27.2. The van der Waals surface area contributed by atoms with Crippen molar-refractivity contribution in [3.05, 3.63) is 77.6 Å². The summed E-state index contributed by atoms with van der Waals surface area (Å²) < 4.78 is 12.4. The van der Waals surface area contributed by atoms with Gasteiger partial charge in [0.2, 0.25) is 0 Å². The maximum Gasteiger partial charge on any atom is 0.266 e. The fourth-order valence-corrected chi connectivity index (χ4v) is 6.25. The summed E-state index contributed by atoms with van der Waals surface area (Å²) in [5.74, 6) is 0.348. The number of hydrogen-bond donors (Lipinski definition) is 1. The molecule has 0 radical (unpaired) electrons. The summed E-state index contributed by atoms with van der Waals surface area (Å²) in [6.45, 7) is 2.46. The molecule has 1 aromatic heterocycles. The van der Waals surface area contributed by atoms with Crippen molar-refractivity contribution in [2.24, 2.45) is 0 Å². The van der Waals surface area contributed by atoms with Crippen molar-refractivity contribution in [3.8, 4) is 23.6 Å². The maximum absolute atomic E-state index is 13.0. The molecular formula is C28H22BrCl2N3O3S. The Kier molecular flexibility index (Phi) is 9.35. The van der Waals surface area contributed by atoms with Crippen LogP contribution in [0.4, 0.5) is 5.00 Å². The molecule has 1 N–H and O–H groups in total. The molecule has 0 saturated carbocycles. The highest BCUT2D eigenvalue weighted by molar-refractivity contribution is 9.10. The van der Waals surface area contributed by atoms with Gasteiger partial charge in [0.25, 0.3) is 5.91 Å². The summed E-state index contributed by atoms with van der Waals surface area (Å²) in [5.41, 5.74) is 2.82. The van der Waals surface area contributed by atoms with Gasteiger partial charge in [-0.25, -0.2) is 0 Å². The van der Waals surface area contributed by atoms with Gasteiger partial charge >= 0.3 is 0 Å². The van der Waals surface area contributed by atoms with Crippen LogP contribution in [0, 0.1) is 22.7 Å². The molecule has 38 heavy (non-hydrogen) atoms. The van der Waals surface area contributed by atoms with Crippen LogP contribution in [0.2, 0.25) is 10.0 Å². The van der Waals surface area contributed by atoms with Crippen molar-refractivity contribution < 1.29 is 14.3 Å². The molecule has 0 saturated heterocycles. The number of nitriles is 2. The van der Waals surface area contributed by atoms with Gasteiger partial charge in [-0.1, -0.05) is 29.3 Å². The number of rotatable bonds is 8. The standard InChI is InChI=1S/C28H22BrCl2N3O3S/c1-2-36-24-12-17(10-21(29)26(24)37-15-16-7-8-22(30)23(31)11-16)9-18(13-32)27(35)34-28-20(14-33)19-5-3-4-6-25(19)38-28/h7-12H,2-6,15H2,1H3,(H,34,35)/b18-9+. The molecule has 1 aliphatic rings. The molecule has 10 heteroatoms. The summed E-state index contributed by atoms with van der Waals surface area (Å²) in [6.07, 6.45) is 5.31. The van der Waals surface area contributed by atoms with E-state index >= 15 is 0 Å². The first-order valence-electron chi connectivity index (χ1n) is 11.8. The van der Waals surface area contributed by atoms with E-state index in [1.807, 2.05) is 19.1 Å². The number of carbonyl (C=O) groups excluding carboxylic acids is 1. The smallest absolute Gasteiger partial charge is 0.266 e. The second-order valence-electron chi connectivity index (χ2n) is 8.45. The van der Waals surface area contributed by atoms with Gasteiger partial charge in [-0.2, -0.15) is 10.5 Å². The van der Waals surface area contributed by atoms with Gasteiger partial charge in [-0.15, -0.1) is 11.3 Å². The SMILES string of the molecule is CCOc1cc(/C=C(\C#N)C(=O)Nc2sc3c(c2C#N)CCCC3)cc(Br)c1OCc1ccc(Cl)c(Cl)c1. The average molecular weight is 631 g/mol. The Morgan fingerprint density at radius 2 is 1.95 bits per heavy atom. The van der Waals surface area contributed by atoms with Crippen LogP contribution < -0.4 is 14.8 Å². The van der Waals surface area contributed by atoms with Crippen molar-refractivity contribution >= 4 is 67.5 Å². The summed E-state index contributed by atoms with van der Waals surface area (Å²) in [5, 5.41) is 23.6. The third-order valence-corrected chi connectivity index (χ3v) is 8.42. The average Bonchev–Trinajstić information content (AvgIpc) is 3.25. The Balaban J connectivity index is 1.57. The van der Waals surface area contributed by atoms with E-state index in [-0.39, 0.29) is 12.2 Å². The van der Waals surface area contributed by atoms with Crippen LogP contribution in [0.15, 0.2) is 40.4 Å². The Hall–Kier alpha value is -3.01. The number of carbonyl (C=O) groups is 1. The molecule has 0 spiro atoms. The zero-order valence-corrected chi connectivity index (χ0v) is 24.3. The molecule has 194 valence electrons. The third kappa shape index (κ3) is 6.34. The fraction of sp³-hybridized carbons (Fsp3) is 0.250. The first-order valence-corrected chi connectivity index (χ1v) is 14.2. The second kappa shape index (κ2) is 12.7. The first kappa shape index (κ1) is 28.0. The zero-order valence-electron chi connectivity index (χ0n) is 20.4. The maximum atomic E-state index is 13.0. The van der Waals surface area contributed by atoms with Gasteiger partial charge in [-0.05, 0) is 95.6 Å². The minimum absolute atomic E-state index is 0.0981. The van der Waals surface area contributed by atoms with Crippen molar-refractivity contribution in [1.82, 2.24) is 0 Å². The molecule has 0 atom stereocenters. The van der Waals surface area contributed by atoms with Crippen LogP contribution in [-0.4, -0.2) is 12.5 Å². The first-order chi connectivity index (χ1) is 18.3. The van der Waals surface area contributed by atoms with Gasteiger partial charge in [0.05, 0.1) is 26.7 Å². The van der Waals surface area contributed by atoms with E-state index in [2.05, 4.69) is 27.3 Å². The number of amides is 1. The van der Waals surface area contributed by atoms with Crippen LogP contribution in [0.3, 0.4) is 0 Å². The molecule has 1 aliphatic carbocycles. The van der Waals surface area contributed by atoms with E-state index < -0.39 is 5.91 Å². The Morgan fingerprint density at radius 1 is 1.16 bits per heavy atom. The molecular weight excluding hydrogens is 609 g/mol. The van der Waals surface area contributed by atoms with E-state index in [4.69, 9.17) is 32.7 Å². The molecule has 0 fully saturated rings. The lowest BCUT2D eigenvalue weighted by Gasteiger charge is -2.15. The highest BCUT2D eigenvalue weighted by atomic mass is 79.9. The largest absolute Gasteiger partial charge is 0.490 e. The van der Waals surface area contributed by atoms with Crippen LogP contribution in [-0.2, 0) is 24.2 Å². The highest BCUT2D eigenvalue weighted by Gasteiger charge is 2.23. The quantitative estimate of drug-likeness (QED) is 0.200. The van der Waals surface area contributed by atoms with E-state index in [1.165, 1.54) is 17.4 Å². The second-order valence-corrected chi connectivity index (χ2v) is 11.2. The van der Waals surface area contributed by atoms with Gasteiger partial charge < -0.3 is 14.8 Å². The predicted molar refractivity (Wildman–Crippen MR) is 154 cm³/mol. The van der Waals surface area contributed by atoms with Crippen molar-refractivity contribution in [2.45, 2.75) is 39.2 Å². The summed E-state index contributed by atoms with van der Waals surface area (Å²) in [6, 6.07) is 12.9. The van der Waals surface area contributed by atoms with Gasteiger partial charge in [0, 0.05) is 4.88 Å². The minimum atomic E-state index is -0.573. The van der Waals surface area contributed by atoms with E-state index in [1.54, 1.807) is 24.3 Å². The topological polar surface area (TPSA) is 95.1 Å². The lowest BCUT2D eigenvalue weighted by Crippen LogP contribution is -2.13. The van der Waals surface area contributed by atoms with Gasteiger partial charge in [0.15, 0.2) is 11.5 Å². The third-order valence-electron chi connectivity index (χ3n) is 5.89. The number of halogens is 3. The Bertz CT molecular complexity index is 1500. The minimum Gasteiger partial charge on any atom is -0.490 e. The van der Waals surface area contributed by atoms with Crippen molar-refractivity contribution in [1.29, 1.82) is 10.5 Å². The number of ether oxygens (including phenoxy) is 2. The Morgan fingerprint density at radius 3 is 2.66 bits per heavy atom. The monoisotopic (exact) mass is 629 g/mol. The van der Waals surface area contributed by atoms with Crippen molar-refractivity contribution in [3.63, 3.8) is 0 Å².